The van der Waals surface area contributed by atoms with Crippen LogP contribution < -0.4 is 5.32 Å². The van der Waals surface area contributed by atoms with Gasteiger partial charge in [-0.05, 0) is 32.3 Å². The number of benzene rings is 1. The average molecular weight is 275 g/mol. The van der Waals surface area contributed by atoms with Crippen molar-refractivity contribution in [3.8, 4) is 0 Å². The molecule has 1 saturated carbocycles. The lowest BCUT2D eigenvalue weighted by atomic mass is 9.84. The van der Waals surface area contributed by atoms with Crippen molar-refractivity contribution in [1.82, 2.24) is 5.32 Å². The van der Waals surface area contributed by atoms with Crippen LogP contribution in [-0.2, 0) is 9.53 Å². The van der Waals surface area contributed by atoms with Crippen molar-refractivity contribution in [3.05, 3.63) is 35.9 Å². The highest BCUT2D eigenvalue weighted by Gasteiger charge is 2.32. The zero-order valence-corrected chi connectivity index (χ0v) is 12.5. The van der Waals surface area contributed by atoms with Crippen LogP contribution in [0.5, 0.6) is 0 Å². The van der Waals surface area contributed by atoms with Gasteiger partial charge in [0.1, 0.15) is 0 Å². The van der Waals surface area contributed by atoms with Gasteiger partial charge in [0.2, 0.25) is 0 Å². The van der Waals surface area contributed by atoms with Crippen LogP contribution >= 0.6 is 0 Å². The van der Waals surface area contributed by atoms with E-state index in [4.69, 9.17) is 4.74 Å². The minimum absolute atomic E-state index is 0.00913. The summed E-state index contributed by atoms with van der Waals surface area (Å²) in [6.45, 7) is 4.50. The summed E-state index contributed by atoms with van der Waals surface area (Å²) in [5.74, 6) is -0.0279. The molecule has 1 aliphatic rings. The van der Waals surface area contributed by atoms with E-state index in [9.17, 15) is 4.79 Å². The number of carbonyl (C=O) groups excluding carboxylic acids is 1. The topological polar surface area (TPSA) is 38.3 Å². The van der Waals surface area contributed by atoms with Gasteiger partial charge < -0.3 is 10.1 Å². The Balaban J connectivity index is 2.00. The van der Waals surface area contributed by atoms with Crippen LogP contribution in [0.1, 0.15) is 51.1 Å². The highest BCUT2D eigenvalue weighted by Crippen LogP contribution is 2.27. The monoisotopic (exact) mass is 275 g/mol. The molecule has 0 radical (unpaired) electrons. The maximum absolute atomic E-state index is 12.1. The normalized spacial score (nSPS) is 24.1. The Bertz CT molecular complexity index is 418. The van der Waals surface area contributed by atoms with Gasteiger partial charge in [-0.25, -0.2) is 0 Å². The highest BCUT2D eigenvalue weighted by atomic mass is 16.5. The summed E-state index contributed by atoms with van der Waals surface area (Å²) >= 11 is 0. The van der Waals surface area contributed by atoms with Crippen LogP contribution in [-0.4, -0.2) is 18.6 Å². The second-order valence-corrected chi connectivity index (χ2v) is 5.55. The van der Waals surface area contributed by atoms with E-state index in [0.717, 1.165) is 19.3 Å². The first-order chi connectivity index (χ1) is 9.72. The van der Waals surface area contributed by atoms with E-state index in [2.05, 4.69) is 36.5 Å². The number of ether oxygens (including phenoxy) is 1. The minimum atomic E-state index is -0.0371. The number of esters is 1. The molecule has 2 rings (SSSR count). The molecule has 20 heavy (non-hydrogen) atoms. The van der Waals surface area contributed by atoms with Crippen molar-refractivity contribution in [2.24, 2.45) is 5.92 Å². The van der Waals surface area contributed by atoms with Gasteiger partial charge in [0.25, 0.3) is 0 Å². The predicted molar refractivity (Wildman–Crippen MR) is 80.4 cm³/mol. The second kappa shape index (κ2) is 7.44. The Morgan fingerprint density at radius 1 is 1.30 bits per heavy atom. The number of hydrogen-bond donors (Lipinski definition) is 1. The molecule has 0 aliphatic heterocycles. The molecular formula is C17H25NO2. The molecule has 3 heteroatoms. The first-order valence-electron chi connectivity index (χ1n) is 7.70. The maximum Gasteiger partial charge on any atom is 0.310 e. The molecule has 1 aliphatic carbocycles. The number of carbonyl (C=O) groups is 1. The van der Waals surface area contributed by atoms with Crippen LogP contribution in [0.2, 0.25) is 0 Å². The van der Waals surface area contributed by atoms with E-state index in [1.54, 1.807) is 0 Å². The van der Waals surface area contributed by atoms with E-state index in [0.29, 0.717) is 6.61 Å². The molecule has 0 amide bonds. The van der Waals surface area contributed by atoms with Gasteiger partial charge in [-0.1, -0.05) is 43.2 Å². The third-order valence-electron chi connectivity index (χ3n) is 4.12. The molecular weight excluding hydrogens is 250 g/mol. The molecule has 0 aromatic heterocycles. The molecule has 1 aromatic rings. The fourth-order valence-electron chi connectivity index (χ4n) is 3.02. The van der Waals surface area contributed by atoms with Gasteiger partial charge in [-0.15, -0.1) is 0 Å². The summed E-state index contributed by atoms with van der Waals surface area (Å²) in [4.78, 5) is 12.1. The number of hydrogen-bond acceptors (Lipinski definition) is 3. The summed E-state index contributed by atoms with van der Waals surface area (Å²) in [7, 11) is 0. The van der Waals surface area contributed by atoms with Crippen molar-refractivity contribution in [1.29, 1.82) is 0 Å². The van der Waals surface area contributed by atoms with E-state index in [1.807, 2.05) is 13.0 Å². The minimum Gasteiger partial charge on any atom is -0.466 e. The SMILES string of the molecule is CCOC(=O)[C@H]1CCCCC1N[C@@H](C)c1ccccc1. The quantitative estimate of drug-likeness (QED) is 0.836. The van der Waals surface area contributed by atoms with Gasteiger partial charge >= 0.3 is 5.97 Å². The van der Waals surface area contributed by atoms with Gasteiger partial charge in [-0.2, -0.15) is 0 Å². The summed E-state index contributed by atoms with van der Waals surface area (Å²) < 4.78 is 5.22. The summed E-state index contributed by atoms with van der Waals surface area (Å²) in [5, 5.41) is 3.62. The van der Waals surface area contributed by atoms with Gasteiger partial charge in [0.15, 0.2) is 0 Å². The Morgan fingerprint density at radius 2 is 2.00 bits per heavy atom. The molecule has 1 aromatic carbocycles. The lowest BCUT2D eigenvalue weighted by molar-refractivity contribution is -0.150. The summed E-state index contributed by atoms with van der Waals surface area (Å²) in [6, 6.07) is 10.9. The van der Waals surface area contributed by atoms with Crippen molar-refractivity contribution in [3.63, 3.8) is 0 Å². The lowest BCUT2D eigenvalue weighted by Crippen LogP contribution is -2.43. The standard InChI is InChI=1S/C17H25NO2/c1-3-20-17(19)15-11-7-8-12-16(15)18-13(2)14-9-5-4-6-10-14/h4-6,9-10,13,15-16,18H,3,7-8,11-12H2,1-2H3/t13-,15-,16?/m0/s1. The van der Waals surface area contributed by atoms with Crippen LogP contribution in [0.15, 0.2) is 30.3 Å². The van der Waals surface area contributed by atoms with Crippen LogP contribution in [0.3, 0.4) is 0 Å². The fraction of sp³-hybridized carbons (Fsp3) is 0.588. The third kappa shape index (κ3) is 3.83. The number of rotatable bonds is 5. The smallest absolute Gasteiger partial charge is 0.310 e. The lowest BCUT2D eigenvalue weighted by Gasteiger charge is -2.33. The highest BCUT2D eigenvalue weighted by molar-refractivity contribution is 5.73. The number of nitrogens with one attached hydrogen (secondary N) is 1. The van der Waals surface area contributed by atoms with E-state index >= 15 is 0 Å². The molecule has 0 saturated heterocycles. The molecule has 0 heterocycles. The Kier molecular flexibility index (Phi) is 5.60. The van der Waals surface area contributed by atoms with Crippen molar-refractivity contribution in [2.45, 2.75) is 51.6 Å². The van der Waals surface area contributed by atoms with Crippen molar-refractivity contribution in [2.75, 3.05) is 6.61 Å². The van der Waals surface area contributed by atoms with Gasteiger partial charge in [0.05, 0.1) is 12.5 Å². The van der Waals surface area contributed by atoms with Crippen molar-refractivity contribution < 1.29 is 9.53 Å². The zero-order valence-electron chi connectivity index (χ0n) is 12.5. The molecule has 1 N–H and O–H groups in total. The van der Waals surface area contributed by atoms with Crippen LogP contribution in [0.25, 0.3) is 0 Å². The molecule has 1 unspecified atom stereocenters. The van der Waals surface area contributed by atoms with E-state index in [1.165, 1.54) is 12.0 Å². The molecule has 3 nitrogen and oxygen atoms in total. The maximum atomic E-state index is 12.1. The predicted octanol–water partition coefficient (Wildman–Crippen LogP) is 3.46. The first-order valence-corrected chi connectivity index (χ1v) is 7.70. The van der Waals surface area contributed by atoms with Crippen LogP contribution in [0, 0.1) is 5.92 Å². The molecule has 110 valence electrons. The van der Waals surface area contributed by atoms with Crippen LogP contribution in [0.4, 0.5) is 0 Å². The Hall–Kier alpha value is -1.35. The molecule has 0 bridgehead atoms. The fourth-order valence-corrected chi connectivity index (χ4v) is 3.02. The summed E-state index contributed by atoms with van der Waals surface area (Å²) in [5.41, 5.74) is 1.26. The zero-order chi connectivity index (χ0) is 14.4. The summed E-state index contributed by atoms with van der Waals surface area (Å²) in [6.07, 6.45) is 4.31. The third-order valence-corrected chi connectivity index (χ3v) is 4.12. The average Bonchev–Trinajstić information content (AvgIpc) is 2.49. The Labute approximate surface area is 121 Å². The molecule has 1 fully saturated rings. The van der Waals surface area contributed by atoms with Gasteiger partial charge in [0, 0.05) is 12.1 Å². The first kappa shape index (κ1) is 15.0. The largest absolute Gasteiger partial charge is 0.466 e. The van der Waals surface area contributed by atoms with E-state index < -0.39 is 0 Å². The van der Waals surface area contributed by atoms with Crippen molar-refractivity contribution >= 4 is 5.97 Å². The molecule has 3 atom stereocenters. The second-order valence-electron chi connectivity index (χ2n) is 5.55. The van der Waals surface area contributed by atoms with Gasteiger partial charge in [-0.3, -0.25) is 4.79 Å². The Morgan fingerprint density at radius 3 is 2.70 bits per heavy atom. The molecule has 0 spiro atoms. The van der Waals surface area contributed by atoms with E-state index in [-0.39, 0.29) is 24.0 Å².